The van der Waals surface area contributed by atoms with Crippen LogP contribution in [0.15, 0.2) is 0 Å². The Bertz CT molecular complexity index is 333. The second-order valence-corrected chi connectivity index (χ2v) is 5.63. The number of amides is 2. The second-order valence-electron chi connectivity index (χ2n) is 5.63. The van der Waals surface area contributed by atoms with Gasteiger partial charge in [-0.2, -0.15) is 0 Å². The van der Waals surface area contributed by atoms with Gasteiger partial charge in [-0.3, -0.25) is 9.59 Å². The van der Waals surface area contributed by atoms with Gasteiger partial charge in [-0.25, -0.2) is 0 Å². The van der Waals surface area contributed by atoms with Crippen LogP contribution in [0.4, 0.5) is 0 Å². The lowest BCUT2D eigenvalue weighted by molar-refractivity contribution is -0.150. The van der Waals surface area contributed by atoms with E-state index in [4.69, 9.17) is 0 Å². The third kappa shape index (κ3) is 4.47. The van der Waals surface area contributed by atoms with Crippen LogP contribution in [0.25, 0.3) is 0 Å². The Labute approximate surface area is 122 Å². The number of piperazine rings is 1. The van der Waals surface area contributed by atoms with Gasteiger partial charge in [0.1, 0.15) is 0 Å². The number of hydrogen-bond acceptors (Lipinski definition) is 3. The van der Waals surface area contributed by atoms with Crippen molar-refractivity contribution in [2.75, 3.05) is 32.7 Å². The number of hydrogen-bond donors (Lipinski definition) is 1. The van der Waals surface area contributed by atoms with Crippen molar-refractivity contribution in [1.82, 2.24) is 15.1 Å². The largest absolute Gasteiger partial charge is 0.332 e. The van der Waals surface area contributed by atoms with E-state index in [1.165, 1.54) is 0 Å². The summed E-state index contributed by atoms with van der Waals surface area (Å²) < 4.78 is 0. The monoisotopic (exact) mass is 283 g/mol. The van der Waals surface area contributed by atoms with Crippen molar-refractivity contribution in [3.8, 4) is 0 Å². The zero-order valence-corrected chi connectivity index (χ0v) is 13.3. The van der Waals surface area contributed by atoms with E-state index < -0.39 is 0 Å². The Balaban J connectivity index is 2.63. The minimum Gasteiger partial charge on any atom is -0.332 e. The van der Waals surface area contributed by atoms with E-state index in [1.807, 2.05) is 6.92 Å². The minimum atomic E-state index is 0.0606. The molecule has 0 radical (unpaired) electrons. The summed E-state index contributed by atoms with van der Waals surface area (Å²) in [5.41, 5.74) is 0. The average molecular weight is 283 g/mol. The van der Waals surface area contributed by atoms with Gasteiger partial charge >= 0.3 is 0 Å². The third-order valence-electron chi connectivity index (χ3n) is 4.14. The molecular formula is C15H29N3O2. The van der Waals surface area contributed by atoms with Crippen molar-refractivity contribution in [2.24, 2.45) is 5.92 Å². The Morgan fingerprint density at radius 3 is 2.25 bits per heavy atom. The van der Waals surface area contributed by atoms with Crippen molar-refractivity contribution in [1.29, 1.82) is 0 Å². The Morgan fingerprint density at radius 2 is 1.70 bits per heavy atom. The van der Waals surface area contributed by atoms with Crippen molar-refractivity contribution < 1.29 is 9.59 Å². The smallest absolute Gasteiger partial charge is 0.242 e. The fraction of sp³-hybridized carbons (Fsp3) is 0.867. The van der Waals surface area contributed by atoms with E-state index in [9.17, 15) is 9.59 Å². The van der Waals surface area contributed by atoms with Gasteiger partial charge in [0.25, 0.3) is 0 Å². The van der Waals surface area contributed by atoms with E-state index in [2.05, 4.69) is 26.1 Å². The van der Waals surface area contributed by atoms with Crippen LogP contribution < -0.4 is 5.32 Å². The molecule has 20 heavy (non-hydrogen) atoms. The van der Waals surface area contributed by atoms with Crippen molar-refractivity contribution in [3.05, 3.63) is 0 Å². The molecule has 1 aliphatic heterocycles. The summed E-state index contributed by atoms with van der Waals surface area (Å²) in [6.07, 6.45) is 2.14. The van der Waals surface area contributed by atoms with E-state index in [0.29, 0.717) is 19.0 Å². The minimum absolute atomic E-state index is 0.0606. The molecule has 0 bridgehead atoms. The first-order valence-electron chi connectivity index (χ1n) is 7.82. The number of carbonyl (C=O) groups excluding carboxylic acids is 2. The molecule has 2 amide bonds. The summed E-state index contributed by atoms with van der Waals surface area (Å²) in [5, 5.41) is 3.51. The van der Waals surface area contributed by atoms with Crippen LogP contribution in [0.5, 0.6) is 0 Å². The highest BCUT2D eigenvalue weighted by Gasteiger charge is 2.31. The van der Waals surface area contributed by atoms with E-state index in [-0.39, 0.29) is 30.9 Å². The van der Waals surface area contributed by atoms with Crippen LogP contribution in [0.2, 0.25) is 0 Å². The lowest BCUT2D eigenvalue weighted by Crippen LogP contribution is -2.57. The molecule has 1 aliphatic rings. The maximum absolute atomic E-state index is 12.1. The summed E-state index contributed by atoms with van der Waals surface area (Å²) >= 11 is 0. The SMILES string of the molecule is CCCNC(CN1CC(=O)N(CC)CC1=O)C(C)CC. The number of carbonyl (C=O) groups is 2. The first kappa shape index (κ1) is 17.0. The third-order valence-corrected chi connectivity index (χ3v) is 4.14. The zero-order chi connectivity index (χ0) is 15.1. The first-order valence-corrected chi connectivity index (χ1v) is 7.82. The predicted octanol–water partition coefficient (Wildman–Crippen LogP) is 1.09. The molecule has 5 nitrogen and oxygen atoms in total. The van der Waals surface area contributed by atoms with E-state index >= 15 is 0 Å². The molecule has 0 aliphatic carbocycles. The Morgan fingerprint density at radius 1 is 1.10 bits per heavy atom. The fourth-order valence-corrected chi connectivity index (χ4v) is 2.45. The predicted molar refractivity (Wildman–Crippen MR) is 80.4 cm³/mol. The number of nitrogens with one attached hydrogen (secondary N) is 1. The van der Waals surface area contributed by atoms with Crippen molar-refractivity contribution in [3.63, 3.8) is 0 Å². The van der Waals surface area contributed by atoms with Gasteiger partial charge in [-0.05, 0) is 25.8 Å². The maximum Gasteiger partial charge on any atom is 0.242 e. The van der Waals surface area contributed by atoms with Crippen LogP contribution in [0.3, 0.4) is 0 Å². The molecule has 0 saturated carbocycles. The average Bonchev–Trinajstić information content (AvgIpc) is 2.45. The van der Waals surface area contributed by atoms with Crippen LogP contribution in [0, 0.1) is 5.92 Å². The molecule has 116 valence electrons. The van der Waals surface area contributed by atoms with E-state index in [1.54, 1.807) is 9.80 Å². The molecule has 0 aromatic rings. The molecule has 2 atom stereocenters. The maximum atomic E-state index is 12.1. The number of likely N-dealkylation sites (N-methyl/N-ethyl adjacent to an activating group) is 1. The molecule has 0 aromatic carbocycles. The van der Waals surface area contributed by atoms with Crippen LogP contribution >= 0.6 is 0 Å². The molecule has 1 heterocycles. The van der Waals surface area contributed by atoms with Gasteiger partial charge in [0, 0.05) is 19.1 Å². The summed E-state index contributed by atoms with van der Waals surface area (Å²) in [7, 11) is 0. The standard InChI is InChI=1S/C15H29N3O2/c1-5-8-16-13(12(4)6-2)9-18-11-14(19)17(7-3)10-15(18)20/h12-13,16H,5-11H2,1-4H3. The Kier molecular flexibility index (Phi) is 6.99. The van der Waals surface area contributed by atoms with Crippen LogP contribution in [-0.4, -0.2) is 60.4 Å². The molecule has 0 spiro atoms. The molecule has 1 fully saturated rings. The van der Waals surface area contributed by atoms with Gasteiger partial charge < -0.3 is 15.1 Å². The molecule has 1 N–H and O–H groups in total. The molecule has 0 aromatic heterocycles. The van der Waals surface area contributed by atoms with Crippen LogP contribution in [0.1, 0.15) is 40.5 Å². The van der Waals surface area contributed by atoms with Gasteiger partial charge in [-0.1, -0.05) is 27.2 Å². The molecule has 1 saturated heterocycles. The van der Waals surface area contributed by atoms with Gasteiger partial charge in [0.05, 0.1) is 13.1 Å². The van der Waals surface area contributed by atoms with Gasteiger partial charge in [0.2, 0.25) is 11.8 Å². The highest BCUT2D eigenvalue weighted by molar-refractivity contribution is 5.92. The summed E-state index contributed by atoms with van der Waals surface area (Å²) in [5.74, 6) is 0.622. The van der Waals surface area contributed by atoms with Gasteiger partial charge in [0.15, 0.2) is 0 Å². The first-order chi connectivity index (χ1) is 9.53. The Hall–Kier alpha value is -1.10. The highest BCUT2D eigenvalue weighted by Crippen LogP contribution is 2.12. The lowest BCUT2D eigenvalue weighted by atomic mass is 9.98. The normalized spacial score (nSPS) is 19.4. The fourth-order valence-electron chi connectivity index (χ4n) is 2.45. The summed E-state index contributed by atoms with van der Waals surface area (Å²) in [6.45, 7) is 11.1. The summed E-state index contributed by atoms with van der Waals surface area (Å²) in [4.78, 5) is 27.4. The molecule has 5 heteroatoms. The van der Waals surface area contributed by atoms with Crippen molar-refractivity contribution in [2.45, 2.75) is 46.6 Å². The molecule has 2 unspecified atom stereocenters. The quantitative estimate of drug-likeness (QED) is 0.725. The topological polar surface area (TPSA) is 52.7 Å². The molecular weight excluding hydrogens is 254 g/mol. The second kappa shape index (κ2) is 8.25. The summed E-state index contributed by atoms with van der Waals surface area (Å²) in [6, 6.07) is 0.268. The number of rotatable bonds is 8. The molecule has 1 rings (SSSR count). The van der Waals surface area contributed by atoms with Gasteiger partial charge in [-0.15, -0.1) is 0 Å². The van der Waals surface area contributed by atoms with Crippen molar-refractivity contribution >= 4 is 11.8 Å². The number of nitrogens with zero attached hydrogens (tertiary/aromatic N) is 2. The highest BCUT2D eigenvalue weighted by atomic mass is 16.2. The lowest BCUT2D eigenvalue weighted by Gasteiger charge is -2.36. The zero-order valence-electron chi connectivity index (χ0n) is 13.3. The van der Waals surface area contributed by atoms with E-state index in [0.717, 1.165) is 19.4 Å². The van der Waals surface area contributed by atoms with Crippen LogP contribution in [-0.2, 0) is 9.59 Å².